The molecule has 1 saturated heterocycles. The lowest BCUT2D eigenvalue weighted by Crippen LogP contribution is -2.29. The minimum Gasteiger partial charge on any atom is -0.454 e. The number of benzene rings is 1. The molecule has 0 saturated carbocycles. The van der Waals surface area contributed by atoms with Crippen LogP contribution in [0.4, 0.5) is 5.69 Å². The van der Waals surface area contributed by atoms with Crippen molar-refractivity contribution in [1.82, 2.24) is 14.9 Å². The summed E-state index contributed by atoms with van der Waals surface area (Å²) in [7, 11) is 0. The van der Waals surface area contributed by atoms with Gasteiger partial charge in [0.1, 0.15) is 0 Å². The van der Waals surface area contributed by atoms with Crippen molar-refractivity contribution in [1.29, 1.82) is 0 Å². The summed E-state index contributed by atoms with van der Waals surface area (Å²) in [5.41, 5.74) is 3.08. The lowest BCUT2D eigenvalue weighted by atomic mass is 9.98. The summed E-state index contributed by atoms with van der Waals surface area (Å²) in [6, 6.07) is 14.0. The number of nitrogens with zero attached hydrogens (tertiary/aromatic N) is 3. The molecule has 2 atom stereocenters. The van der Waals surface area contributed by atoms with E-state index >= 15 is 0 Å². The highest BCUT2D eigenvalue weighted by Crippen LogP contribution is 2.44. The number of pyridine rings is 1. The quantitative estimate of drug-likeness (QED) is 0.628. The Bertz CT molecular complexity index is 1090. The van der Waals surface area contributed by atoms with Gasteiger partial charge in [-0.2, -0.15) is 0 Å². The van der Waals surface area contributed by atoms with Crippen LogP contribution >= 0.6 is 12.2 Å². The molecule has 2 aliphatic heterocycles. The lowest BCUT2D eigenvalue weighted by Gasteiger charge is -2.28. The summed E-state index contributed by atoms with van der Waals surface area (Å²) in [5.74, 6) is 1.50. The maximum absolute atomic E-state index is 5.79. The molecule has 1 fully saturated rings. The third-order valence-electron chi connectivity index (χ3n) is 5.56. The van der Waals surface area contributed by atoms with Gasteiger partial charge in [0.05, 0.1) is 17.8 Å². The number of aromatic nitrogens is 2. The van der Waals surface area contributed by atoms with Gasteiger partial charge in [0.15, 0.2) is 16.6 Å². The summed E-state index contributed by atoms with van der Waals surface area (Å²) in [4.78, 5) is 6.76. The third kappa shape index (κ3) is 3.19. The van der Waals surface area contributed by atoms with E-state index in [2.05, 4.69) is 59.0 Å². The fourth-order valence-corrected chi connectivity index (χ4v) is 4.36. The van der Waals surface area contributed by atoms with Gasteiger partial charge in [-0.05, 0) is 68.9 Å². The first-order chi connectivity index (χ1) is 14.4. The van der Waals surface area contributed by atoms with Crippen LogP contribution in [0, 0.1) is 0 Å². The number of rotatable bonds is 3. The predicted octanol–water partition coefficient (Wildman–Crippen LogP) is 4.54. The number of fused-ring (bicyclic) bond motifs is 1. The van der Waals surface area contributed by atoms with E-state index in [4.69, 9.17) is 21.7 Å². The maximum atomic E-state index is 5.79. The topological polar surface area (TPSA) is 51.6 Å². The van der Waals surface area contributed by atoms with Crippen molar-refractivity contribution in [3.8, 4) is 11.5 Å². The second-order valence-corrected chi connectivity index (χ2v) is 8.94. The van der Waals surface area contributed by atoms with Crippen molar-refractivity contribution in [3.63, 3.8) is 0 Å². The first kappa shape index (κ1) is 18.9. The van der Waals surface area contributed by atoms with Crippen molar-refractivity contribution in [3.05, 3.63) is 72.3 Å². The third-order valence-corrected chi connectivity index (χ3v) is 5.88. The Morgan fingerprint density at radius 1 is 1.10 bits per heavy atom. The smallest absolute Gasteiger partial charge is 0.231 e. The van der Waals surface area contributed by atoms with E-state index in [1.54, 1.807) is 0 Å². The second-order valence-electron chi connectivity index (χ2n) is 8.56. The Morgan fingerprint density at radius 2 is 1.93 bits per heavy atom. The van der Waals surface area contributed by atoms with Crippen LogP contribution in [0.5, 0.6) is 11.5 Å². The van der Waals surface area contributed by atoms with E-state index < -0.39 is 0 Å². The van der Waals surface area contributed by atoms with Crippen LogP contribution in [0.3, 0.4) is 0 Å². The van der Waals surface area contributed by atoms with Gasteiger partial charge in [-0.15, -0.1) is 0 Å². The number of anilines is 1. The largest absolute Gasteiger partial charge is 0.454 e. The van der Waals surface area contributed by atoms with Gasteiger partial charge < -0.3 is 24.3 Å². The van der Waals surface area contributed by atoms with Gasteiger partial charge in [-0.25, -0.2) is 0 Å². The molecule has 0 spiro atoms. The molecule has 0 unspecified atom stereocenters. The van der Waals surface area contributed by atoms with Crippen LogP contribution in [-0.2, 0) is 5.54 Å². The zero-order valence-corrected chi connectivity index (χ0v) is 18.0. The van der Waals surface area contributed by atoms with Crippen LogP contribution in [0.2, 0.25) is 0 Å². The first-order valence-corrected chi connectivity index (χ1v) is 10.4. The van der Waals surface area contributed by atoms with Gasteiger partial charge in [0.25, 0.3) is 0 Å². The van der Waals surface area contributed by atoms with E-state index in [-0.39, 0.29) is 24.4 Å². The molecule has 0 amide bonds. The zero-order chi connectivity index (χ0) is 20.9. The van der Waals surface area contributed by atoms with Gasteiger partial charge in [-0.3, -0.25) is 4.98 Å². The predicted molar refractivity (Wildman–Crippen MR) is 120 cm³/mol. The van der Waals surface area contributed by atoms with Gasteiger partial charge in [0, 0.05) is 35.9 Å². The summed E-state index contributed by atoms with van der Waals surface area (Å²) >= 11 is 5.79. The Labute approximate surface area is 181 Å². The van der Waals surface area contributed by atoms with Crippen LogP contribution in [0.15, 0.2) is 61.1 Å². The van der Waals surface area contributed by atoms with Crippen molar-refractivity contribution in [2.24, 2.45) is 0 Å². The van der Waals surface area contributed by atoms with Crippen LogP contribution in [-0.4, -0.2) is 21.5 Å². The Balaban J connectivity index is 1.61. The second kappa shape index (κ2) is 7.02. The fraction of sp³-hybridized carbons (Fsp3) is 0.304. The molecule has 0 aliphatic carbocycles. The maximum Gasteiger partial charge on any atom is 0.231 e. The zero-order valence-electron chi connectivity index (χ0n) is 17.2. The molecule has 0 radical (unpaired) electrons. The van der Waals surface area contributed by atoms with E-state index in [1.165, 1.54) is 5.56 Å². The minimum atomic E-state index is -0.0695. The molecule has 2 aromatic heterocycles. The van der Waals surface area contributed by atoms with E-state index in [0.717, 1.165) is 22.9 Å². The minimum absolute atomic E-state index is 0.00510. The Kier molecular flexibility index (Phi) is 4.43. The number of ether oxygens (including phenoxy) is 2. The molecular weight excluding hydrogens is 396 g/mol. The molecule has 3 aromatic rings. The van der Waals surface area contributed by atoms with Crippen LogP contribution in [0.1, 0.15) is 44.1 Å². The van der Waals surface area contributed by atoms with Crippen molar-refractivity contribution >= 4 is 23.0 Å². The molecule has 7 heteroatoms. The first-order valence-electron chi connectivity index (χ1n) is 10.0. The molecular formula is C23H24N4O2S. The van der Waals surface area contributed by atoms with Crippen molar-refractivity contribution in [2.75, 3.05) is 11.7 Å². The van der Waals surface area contributed by atoms with Crippen LogP contribution < -0.4 is 19.7 Å². The summed E-state index contributed by atoms with van der Waals surface area (Å²) < 4.78 is 13.3. The number of nitrogens with one attached hydrogen (secondary N) is 1. The molecule has 4 heterocycles. The molecule has 5 rings (SSSR count). The van der Waals surface area contributed by atoms with Gasteiger partial charge >= 0.3 is 0 Å². The molecule has 1 N–H and O–H groups in total. The summed E-state index contributed by atoms with van der Waals surface area (Å²) in [6.45, 7) is 6.83. The fourth-order valence-electron chi connectivity index (χ4n) is 4.01. The SMILES string of the molecule is CC(C)(C)n1ccc([C@H]2[C@@H](c3ccccn3)NC(=S)N2c2ccc3c(c2)OCO3)c1. The molecule has 1 aromatic carbocycles. The standard InChI is InChI=1S/C23H24N4O2S/c1-23(2,3)26-11-9-15(13-26)21-20(17-6-4-5-10-24-17)25-22(30)27(21)16-7-8-18-19(12-16)29-14-28-18/h4-13,20-21H,14H2,1-3H3,(H,25,30)/t20-,21+/m1/s1. The molecule has 154 valence electrons. The van der Waals surface area contributed by atoms with Crippen molar-refractivity contribution < 1.29 is 9.47 Å². The van der Waals surface area contributed by atoms with E-state index in [9.17, 15) is 0 Å². The highest BCUT2D eigenvalue weighted by molar-refractivity contribution is 7.80. The summed E-state index contributed by atoms with van der Waals surface area (Å²) in [5, 5.41) is 4.16. The normalized spacial score (nSPS) is 20.5. The number of thiocarbonyl (C=S) groups is 1. The monoisotopic (exact) mass is 420 g/mol. The average molecular weight is 421 g/mol. The highest BCUT2D eigenvalue weighted by atomic mass is 32.1. The molecule has 0 bridgehead atoms. The van der Waals surface area contributed by atoms with E-state index in [0.29, 0.717) is 5.11 Å². The average Bonchev–Trinajstić information content (AvgIpc) is 3.45. The Hall–Kier alpha value is -3.06. The summed E-state index contributed by atoms with van der Waals surface area (Å²) in [6.07, 6.45) is 6.15. The van der Waals surface area contributed by atoms with E-state index in [1.807, 2.05) is 42.6 Å². The molecule has 2 aliphatic rings. The molecule has 30 heavy (non-hydrogen) atoms. The number of hydrogen-bond donors (Lipinski definition) is 1. The molecule has 6 nitrogen and oxygen atoms in total. The highest BCUT2D eigenvalue weighted by Gasteiger charge is 2.41. The number of hydrogen-bond acceptors (Lipinski definition) is 4. The van der Waals surface area contributed by atoms with Gasteiger partial charge in [0.2, 0.25) is 6.79 Å². The Morgan fingerprint density at radius 3 is 2.67 bits per heavy atom. The van der Waals surface area contributed by atoms with Crippen molar-refractivity contribution in [2.45, 2.75) is 38.4 Å². The van der Waals surface area contributed by atoms with Crippen LogP contribution in [0.25, 0.3) is 0 Å². The van der Waals surface area contributed by atoms with Gasteiger partial charge in [-0.1, -0.05) is 6.07 Å². The lowest BCUT2D eigenvalue weighted by molar-refractivity contribution is 0.174.